The molecule has 1 aliphatic carbocycles. The lowest BCUT2D eigenvalue weighted by Gasteiger charge is -2.38. The van der Waals surface area contributed by atoms with Crippen molar-refractivity contribution in [2.75, 3.05) is 16.8 Å². The van der Waals surface area contributed by atoms with Crippen LogP contribution in [0.3, 0.4) is 0 Å². The van der Waals surface area contributed by atoms with Crippen LogP contribution in [0.1, 0.15) is 30.3 Å². The van der Waals surface area contributed by atoms with Crippen LogP contribution >= 0.6 is 23.2 Å². The van der Waals surface area contributed by atoms with Crippen LogP contribution in [0.2, 0.25) is 10.0 Å². The number of anilines is 2. The number of carbonyl (C=O) groups is 2. The van der Waals surface area contributed by atoms with E-state index in [4.69, 9.17) is 27.6 Å². The first kappa shape index (κ1) is 22.8. The molecule has 9 heteroatoms. The third-order valence-corrected chi connectivity index (χ3v) is 7.18. The highest BCUT2D eigenvalue weighted by Crippen LogP contribution is 2.42. The SMILES string of the molecule is O=C(Nc1c(Cl)cccc1Cl)N(CC(=O)N1c2ccccc2-n2cccc2C1c1ccco1)C1CC1. The highest BCUT2D eigenvalue weighted by Gasteiger charge is 2.41. The van der Waals surface area contributed by atoms with E-state index in [1.54, 1.807) is 34.3 Å². The van der Waals surface area contributed by atoms with Crippen molar-refractivity contribution in [3.63, 3.8) is 0 Å². The molecule has 36 heavy (non-hydrogen) atoms. The highest BCUT2D eigenvalue weighted by molar-refractivity contribution is 6.39. The van der Waals surface area contributed by atoms with Gasteiger partial charge in [-0.15, -0.1) is 0 Å². The molecule has 1 unspecified atom stereocenters. The Morgan fingerprint density at radius 1 is 0.944 bits per heavy atom. The quantitative estimate of drug-likeness (QED) is 0.326. The second-order valence-corrected chi connectivity index (χ2v) is 9.67. The molecule has 2 aromatic carbocycles. The maximum Gasteiger partial charge on any atom is 0.322 e. The molecule has 2 aliphatic rings. The van der Waals surface area contributed by atoms with Gasteiger partial charge in [-0.05, 0) is 61.4 Å². The summed E-state index contributed by atoms with van der Waals surface area (Å²) in [6, 6.07) is 19.4. The lowest BCUT2D eigenvalue weighted by molar-refractivity contribution is -0.119. The predicted molar refractivity (Wildman–Crippen MR) is 139 cm³/mol. The summed E-state index contributed by atoms with van der Waals surface area (Å²) in [7, 11) is 0. The van der Waals surface area contributed by atoms with Gasteiger partial charge in [0.25, 0.3) is 0 Å². The van der Waals surface area contributed by atoms with Crippen molar-refractivity contribution in [1.82, 2.24) is 9.47 Å². The van der Waals surface area contributed by atoms with Crippen LogP contribution in [-0.4, -0.2) is 34.0 Å². The third-order valence-electron chi connectivity index (χ3n) is 6.55. The van der Waals surface area contributed by atoms with Crippen LogP contribution < -0.4 is 10.2 Å². The number of rotatable bonds is 5. The van der Waals surface area contributed by atoms with Crippen molar-refractivity contribution in [3.05, 3.63) is 101 Å². The standard InChI is InChI=1S/C27H22Cl2N4O3/c28-18-6-3-7-19(29)25(18)30-27(35)32(17-12-13-17)16-24(34)33-21-9-2-1-8-20(21)31-14-4-10-22(31)26(33)23-11-5-15-36-23/h1-11,14-15,17,26H,12-13,16H2,(H,30,35). The molecule has 2 aromatic heterocycles. The topological polar surface area (TPSA) is 70.7 Å². The van der Waals surface area contributed by atoms with Gasteiger partial charge in [0.1, 0.15) is 18.3 Å². The van der Waals surface area contributed by atoms with Gasteiger partial charge in [-0.25, -0.2) is 4.79 Å². The molecular weight excluding hydrogens is 499 g/mol. The van der Waals surface area contributed by atoms with E-state index < -0.39 is 12.1 Å². The van der Waals surface area contributed by atoms with E-state index >= 15 is 0 Å². The van der Waals surface area contributed by atoms with Crippen LogP contribution in [0.4, 0.5) is 16.2 Å². The lowest BCUT2D eigenvalue weighted by atomic mass is 10.0. The first-order valence-electron chi connectivity index (χ1n) is 11.7. The molecule has 1 fully saturated rings. The predicted octanol–water partition coefficient (Wildman–Crippen LogP) is 6.51. The molecule has 3 amide bonds. The van der Waals surface area contributed by atoms with Gasteiger partial charge < -0.3 is 19.2 Å². The number of para-hydroxylation sites is 3. The molecule has 0 spiro atoms. The maximum atomic E-state index is 14.0. The molecule has 0 radical (unpaired) electrons. The number of furan rings is 1. The molecule has 7 nitrogen and oxygen atoms in total. The summed E-state index contributed by atoms with van der Waals surface area (Å²) in [5.74, 6) is 0.423. The van der Waals surface area contributed by atoms with Crippen molar-refractivity contribution in [1.29, 1.82) is 0 Å². The molecule has 0 bridgehead atoms. The van der Waals surface area contributed by atoms with E-state index in [0.717, 1.165) is 29.9 Å². The normalized spacial score (nSPS) is 16.3. The lowest BCUT2D eigenvalue weighted by Crippen LogP contribution is -2.48. The van der Waals surface area contributed by atoms with E-state index in [1.807, 2.05) is 54.7 Å². The molecule has 6 rings (SSSR count). The number of hydrogen-bond donors (Lipinski definition) is 1. The summed E-state index contributed by atoms with van der Waals surface area (Å²) < 4.78 is 7.85. The molecule has 4 aromatic rings. The minimum absolute atomic E-state index is 0.0267. The zero-order valence-corrected chi connectivity index (χ0v) is 20.6. The average molecular weight is 521 g/mol. The van der Waals surface area contributed by atoms with Crippen LogP contribution in [-0.2, 0) is 4.79 Å². The molecule has 3 heterocycles. The number of nitrogens with zero attached hydrogens (tertiary/aromatic N) is 3. The molecule has 1 saturated carbocycles. The minimum atomic E-state index is -0.473. The van der Waals surface area contributed by atoms with E-state index in [0.29, 0.717) is 21.5 Å². The highest BCUT2D eigenvalue weighted by atomic mass is 35.5. The van der Waals surface area contributed by atoms with Crippen molar-refractivity contribution in [3.8, 4) is 5.69 Å². The van der Waals surface area contributed by atoms with Gasteiger partial charge in [0.15, 0.2) is 0 Å². The third kappa shape index (κ3) is 3.94. The average Bonchev–Trinajstić information content (AvgIpc) is 3.35. The second-order valence-electron chi connectivity index (χ2n) is 8.86. The van der Waals surface area contributed by atoms with E-state index in [9.17, 15) is 9.59 Å². The summed E-state index contributed by atoms with van der Waals surface area (Å²) in [5.41, 5.74) is 2.87. The van der Waals surface area contributed by atoms with E-state index in [-0.39, 0.29) is 18.5 Å². The molecule has 1 aliphatic heterocycles. The summed E-state index contributed by atoms with van der Waals surface area (Å²) in [6.45, 7) is -0.106. The maximum absolute atomic E-state index is 14.0. The largest absolute Gasteiger partial charge is 0.467 e. The van der Waals surface area contributed by atoms with Crippen molar-refractivity contribution in [2.24, 2.45) is 0 Å². The first-order chi connectivity index (χ1) is 17.5. The molecular formula is C27H22Cl2N4O3. The number of nitrogens with one attached hydrogen (secondary N) is 1. The van der Waals surface area contributed by atoms with Crippen molar-refractivity contribution >= 4 is 46.5 Å². The number of benzene rings is 2. The second kappa shape index (κ2) is 9.08. The number of hydrogen-bond acceptors (Lipinski definition) is 3. The van der Waals surface area contributed by atoms with Gasteiger partial charge in [-0.1, -0.05) is 41.4 Å². The molecule has 1 atom stereocenters. The monoisotopic (exact) mass is 520 g/mol. The van der Waals surface area contributed by atoms with Crippen LogP contribution in [0, 0.1) is 0 Å². The first-order valence-corrected chi connectivity index (χ1v) is 12.4. The van der Waals surface area contributed by atoms with E-state index in [1.165, 1.54) is 0 Å². The molecule has 1 N–H and O–H groups in total. The molecule has 0 saturated heterocycles. The Bertz CT molecular complexity index is 1420. The number of carbonyl (C=O) groups excluding carboxylic acids is 2. The minimum Gasteiger partial charge on any atom is -0.467 e. The summed E-state index contributed by atoms with van der Waals surface area (Å²) in [6.07, 6.45) is 5.24. The van der Waals surface area contributed by atoms with Crippen molar-refractivity contribution < 1.29 is 14.0 Å². The number of fused-ring (bicyclic) bond motifs is 3. The zero-order valence-electron chi connectivity index (χ0n) is 19.1. The van der Waals surface area contributed by atoms with Gasteiger partial charge in [-0.3, -0.25) is 9.69 Å². The zero-order chi connectivity index (χ0) is 24.8. The van der Waals surface area contributed by atoms with Gasteiger partial charge in [0.05, 0.1) is 39.1 Å². The number of halogens is 2. The summed E-state index contributed by atoms with van der Waals surface area (Å²) in [4.78, 5) is 30.7. The Morgan fingerprint density at radius 2 is 1.69 bits per heavy atom. The smallest absolute Gasteiger partial charge is 0.322 e. The van der Waals surface area contributed by atoms with Crippen LogP contribution in [0.25, 0.3) is 5.69 Å². The summed E-state index contributed by atoms with van der Waals surface area (Å²) >= 11 is 12.5. The fourth-order valence-corrected chi connectivity index (χ4v) is 5.24. The van der Waals surface area contributed by atoms with Gasteiger partial charge in [-0.2, -0.15) is 0 Å². The van der Waals surface area contributed by atoms with Gasteiger partial charge in [0.2, 0.25) is 5.91 Å². The number of urea groups is 1. The van der Waals surface area contributed by atoms with Crippen molar-refractivity contribution in [2.45, 2.75) is 24.9 Å². The Morgan fingerprint density at radius 3 is 2.39 bits per heavy atom. The van der Waals surface area contributed by atoms with E-state index in [2.05, 4.69) is 9.88 Å². The molecule has 182 valence electrons. The fourth-order valence-electron chi connectivity index (χ4n) is 4.75. The number of aromatic nitrogens is 1. The van der Waals surface area contributed by atoms with Gasteiger partial charge >= 0.3 is 6.03 Å². The summed E-state index contributed by atoms with van der Waals surface area (Å²) in [5, 5.41) is 3.48. The Labute approximate surface area is 217 Å². The van der Waals surface area contributed by atoms with Gasteiger partial charge in [0, 0.05) is 12.2 Å². The Hall–Kier alpha value is -3.68. The fraction of sp³-hybridized carbons (Fsp3) is 0.185. The van der Waals surface area contributed by atoms with Crippen LogP contribution in [0.5, 0.6) is 0 Å². The Balaban J connectivity index is 1.35. The van der Waals surface area contributed by atoms with Crippen LogP contribution in [0.15, 0.2) is 83.6 Å². The number of amides is 3. The Kier molecular flexibility index (Phi) is 5.74.